The number of aryl methyl sites for hydroxylation is 1. The monoisotopic (exact) mass is 293 g/mol. The molecule has 4 nitrogen and oxygen atoms in total. The summed E-state index contributed by atoms with van der Waals surface area (Å²) in [7, 11) is 0. The third-order valence-corrected chi connectivity index (χ3v) is 5.06. The summed E-state index contributed by atoms with van der Waals surface area (Å²) in [5.74, 6) is -0.900. The molecule has 0 aromatic carbocycles. The standard InChI is InChI=1S/C15H19NO3S/c1-3-15(14(18)19)7-8-16(10-15)13(17)5-4-12-11(2)6-9-20-12/h4-6,9H,3,7-8,10H2,1-2H3,(H,18,19). The van der Waals surface area contributed by atoms with Crippen molar-refractivity contribution in [3.05, 3.63) is 28.0 Å². The van der Waals surface area contributed by atoms with Gasteiger partial charge in [-0.1, -0.05) is 6.92 Å². The second kappa shape index (κ2) is 5.79. The van der Waals surface area contributed by atoms with Crippen LogP contribution in [0.25, 0.3) is 6.08 Å². The van der Waals surface area contributed by atoms with Gasteiger partial charge in [0.1, 0.15) is 0 Å². The maximum Gasteiger partial charge on any atom is 0.311 e. The lowest BCUT2D eigenvalue weighted by atomic mass is 9.84. The molecule has 1 atom stereocenters. The zero-order valence-electron chi connectivity index (χ0n) is 11.8. The zero-order valence-corrected chi connectivity index (χ0v) is 12.6. The SMILES string of the molecule is CCC1(C(=O)O)CCN(C(=O)C=Cc2sccc2C)C1. The number of rotatable bonds is 4. The molecule has 1 aliphatic heterocycles. The predicted octanol–water partition coefficient (Wildman–Crippen LogP) is 2.78. The first-order valence-corrected chi connectivity index (χ1v) is 7.61. The molecule has 2 heterocycles. The van der Waals surface area contributed by atoms with Crippen LogP contribution in [0.4, 0.5) is 0 Å². The summed E-state index contributed by atoms with van der Waals surface area (Å²) in [6.07, 6.45) is 4.46. The fourth-order valence-electron chi connectivity index (χ4n) is 2.48. The molecule has 1 fully saturated rings. The van der Waals surface area contributed by atoms with Crippen LogP contribution in [0, 0.1) is 12.3 Å². The van der Waals surface area contributed by atoms with Crippen LogP contribution in [0.1, 0.15) is 30.2 Å². The highest BCUT2D eigenvalue weighted by Crippen LogP contribution is 2.34. The Hall–Kier alpha value is -1.62. The van der Waals surface area contributed by atoms with Crippen LogP contribution in [0.3, 0.4) is 0 Å². The molecule has 1 aromatic heterocycles. The molecule has 0 saturated carbocycles. The number of carbonyl (C=O) groups is 2. The quantitative estimate of drug-likeness (QED) is 0.868. The van der Waals surface area contributed by atoms with Crippen LogP contribution < -0.4 is 0 Å². The second-order valence-electron chi connectivity index (χ2n) is 5.25. The Morgan fingerprint density at radius 2 is 2.30 bits per heavy atom. The topological polar surface area (TPSA) is 57.6 Å². The van der Waals surface area contributed by atoms with Crippen LogP contribution >= 0.6 is 11.3 Å². The third-order valence-electron chi connectivity index (χ3n) is 4.07. The van der Waals surface area contributed by atoms with Crippen molar-refractivity contribution >= 4 is 29.3 Å². The van der Waals surface area contributed by atoms with E-state index in [1.165, 1.54) is 0 Å². The summed E-state index contributed by atoms with van der Waals surface area (Å²) in [5, 5.41) is 11.3. The Morgan fingerprint density at radius 3 is 2.80 bits per heavy atom. The summed E-state index contributed by atoms with van der Waals surface area (Å²) < 4.78 is 0. The molecular formula is C15H19NO3S. The maximum absolute atomic E-state index is 12.1. The Balaban J connectivity index is 2.03. The highest BCUT2D eigenvalue weighted by atomic mass is 32.1. The highest BCUT2D eigenvalue weighted by molar-refractivity contribution is 7.11. The first-order chi connectivity index (χ1) is 9.48. The molecule has 5 heteroatoms. The van der Waals surface area contributed by atoms with Gasteiger partial charge in [0.25, 0.3) is 0 Å². The first-order valence-electron chi connectivity index (χ1n) is 6.73. The molecule has 1 unspecified atom stereocenters. The Labute approximate surface area is 122 Å². The number of nitrogens with zero attached hydrogens (tertiary/aromatic N) is 1. The highest BCUT2D eigenvalue weighted by Gasteiger charge is 2.44. The fourth-order valence-corrected chi connectivity index (χ4v) is 3.30. The molecule has 0 aliphatic carbocycles. The van der Waals surface area contributed by atoms with E-state index in [4.69, 9.17) is 0 Å². The van der Waals surface area contributed by atoms with Gasteiger partial charge in [-0.15, -0.1) is 11.3 Å². The van der Waals surface area contributed by atoms with Crippen LogP contribution in [0.5, 0.6) is 0 Å². The van der Waals surface area contributed by atoms with Crippen molar-refractivity contribution in [2.45, 2.75) is 26.7 Å². The minimum absolute atomic E-state index is 0.102. The molecule has 20 heavy (non-hydrogen) atoms. The Kier molecular flexibility index (Phi) is 4.28. The summed E-state index contributed by atoms with van der Waals surface area (Å²) >= 11 is 1.59. The molecule has 1 N–H and O–H groups in total. The van der Waals surface area contributed by atoms with Gasteiger partial charge in [-0.25, -0.2) is 0 Å². The number of hydrogen-bond acceptors (Lipinski definition) is 3. The number of carbonyl (C=O) groups excluding carboxylic acids is 1. The van der Waals surface area contributed by atoms with Crippen LogP contribution in [-0.2, 0) is 9.59 Å². The lowest BCUT2D eigenvalue weighted by Gasteiger charge is -2.22. The number of aliphatic carboxylic acids is 1. The van der Waals surface area contributed by atoms with E-state index >= 15 is 0 Å². The van der Waals surface area contributed by atoms with Gasteiger partial charge in [-0.2, -0.15) is 0 Å². The smallest absolute Gasteiger partial charge is 0.311 e. The number of amides is 1. The number of hydrogen-bond donors (Lipinski definition) is 1. The molecule has 1 aliphatic rings. The van der Waals surface area contributed by atoms with E-state index in [1.54, 1.807) is 22.3 Å². The molecule has 2 rings (SSSR count). The minimum Gasteiger partial charge on any atom is -0.481 e. The maximum atomic E-state index is 12.1. The summed E-state index contributed by atoms with van der Waals surface area (Å²) in [4.78, 5) is 26.2. The third kappa shape index (κ3) is 2.77. The number of thiophene rings is 1. The van der Waals surface area contributed by atoms with Crippen molar-refractivity contribution in [2.24, 2.45) is 5.41 Å². The molecule has 0 spiro atoms. The van der Waals surface area contributed by atoms with Crippen molar-refractivity contribution in [1.82, 2.24) is 4.90 Å². The second-order valence-corrected chi connectivity index (χ2v) is 6.20. The van der Waals surface area contributed by atoms with Gasteiger partial charge in [-0.05, 0) is 42.9 Å². The van der Waals surface area contributed by atoms with E-state index in [0.29, 0.717) is 25.9 Å². The van der Waals surface area contributed by atoms with E-state index in [1.807, 2.05) is 31.4 Å². The van der Waals surface area contributed by atoms with Gasteiger partial charge in [0.05, 0.1) is 5.41 Å². The van der Waals surface area contributed by atoms with E-state index in [9.17, 15) is 14.7 Å². The van der Waals surface area contributed by atoms with Gasteiger partial charge in [0.2, 0.25) is 5.91 Å². The molecule has 0 radical (unpaired) electrons. The molecule has 1 aromatic rings. The van der Waals surface area contributed by atoms with Gasteiger partial charge in [0, 0.05) is 24.0 Å². The number of carboxylic acid groups (broad SMARTS) is 1. The molecule has 0 bridgehead atoms. The van der Waals surface area contributed by atoms with Crippen molar-refractivity contribution in [1.29, 1.82) is 0 Å². The van der Waals surface area contributed by atoms with Crippen molar-refractivity contribution in [2.75, 3.05) is 13.1 Å². The van der Waals surface area contributed by atoms with Gasteiger partial charge in [-0.3, -0.25) is 9.59 Å². The number of carboxylic acids is 1. The molecule has 1 amide bonds. The lowest BCUT2D eigenvalue weighted by Crippen LogP contribution is -2.35. The van der Waals surface area contributed by atoms with Gasteiger partial charge in [0.15, 0.2) is 0 Å². The van der Waals surface area contributed by atoms with Crippen LogP contribution in [0.15, 0.2) is 17.5 Å². The van der Waals surface area contributed by atoms with Crippen molar-refractivity contribution in [3.63, 3.8) is 0 Å². The normalized spacial score (nSPS) is 22.6. The summed E-state index contributed by atoms with van der Waals surface area (Å²) in [5.41, 5.74) is 0.386. The molecule has 108 valence electrons. The van der Waals surface area contributed by atoms with Gasteiger partial charge >= 0.3 is 5.97 Å². The van der Waals surface area contributed by atoms with Crippen LogP contribution in [0.2, 0.25) is 0 Å². The average Bonchev–Trinajstić information content (AvgIpc) is 3.03. The minimum atomic E-state index is -0.798. The lowest BCUT2D eigenvalue weighted by molar-refractivity contribution is -0.148. The number of likely N-dealkylation sites (tertiary alicyclic amines) is 1. The Morgan fingerprint density at radius 1 is 1.55 bits per heavy atom. The van der Waals surface area contributed by atoms with E-state index in [-0.39, 0.29) is 5.91 Å². The predicted molar refractivity (Wildman–Crippen MR) is 79.6 cm³/mol. The molecular weight excluding hydrogens is 274 g/mol. The zero-order chi connectivity index (χ0) is 14.8. The van der Waals surface area contributed by atoms with Crippen LogP contribution in [-0.4, -0.2) is 35.0 Å². The van der Waals surface area contributed by atoms with E-state index < -0.39 is 11.4 Å². The van der Waals surface area contributed by atoms with Crippen molar-refractivity contribution in [3.8, 4) is 0 Å². The van der Waals surface area contributed by atoms with Crippen molar-refractivity contribution < 1.29 is 14.7 Å². The Bertz CT molecular complexity index is 549. The van der Waals surface area contributed by atoms with E-state index in [0.717, 1.165) is 10.4 Å². The summed E-state index contributed by atoms with van der Waals surface area (Å²) in [6.45, 7) is 4.70. The summed E-state index contributed by atoms with van der Waals surface area (Å²) in [6, 6.07) is 2.01. The first kappa shape index (κ1) is 14.8. The largest absolute Gasteiger partial charge is 0.481 e. The van der Waals surface area contributed by atoms with Gasteiger partial charge < -0.3 is 10.0 Å². The average molecular weight is 293 g/mol. The fraction of sp³-hybridized carbons (Fsp3) is 0.467. The molecule has 1 saturated heterocycles. The van der Waals surface area contributed by atoms with E-state index in [2.05, 4.69) is 0 Å².